The van der Waals surface area contributed by atoms with Gasteiger partial charge in [-0.2, -0.15) is 5.26 Å². The highest BCUT2D eigenvalue weighted by Gasteiger charge is 2.03. The average molecular weight is 252 g/mol. The summed E-state index contributed by atoms with van der Waals surface area (Å²) in [6.45, 7) is 2.10. The van der Waals surface area contributed by atoms with E-state index in [1.807, 2.05) is 43.4 Å². The molecule has 0 aliphatic carbocycles. The third-order valence-electron chi connectivity index (χ3n) is 3.01. The van der Waals surface area contributed by atoms with Crippen molar-refractivity contribution in [3.05, 3.63) is 59.7 Å². The molecule has 96 valence electrons. The zero-order valence-corrected chi connectivity index (χ0v) is 11.1. The van der Waals surface area contributed by atoms with Crippen LogP contribution in [0.5, 0.6) is 11.5 Å². The van der Waals surface area contributed by atoms with Gasteiger partial charge in [-0.1, -0.05) is 18.2 Å². The number of hydrogen-bond acceptors (Lipinski definition) is 3. The van der Waals surface area contributed by atoms with Crippen molar-refractivity contribution in [1.82, 2.24) is 5.32 Å². The van der Waals surface area contributed by atoms with Crippen LogP contribution in [0.4, 0.5) is 0 Å². The van der Waals surface area contributed by atoms with Gasteiger partial charge in [0.05, 0.1) is 11.6 Å². The van der Waals surface area contributed by atoms with Crippen LogP contribution in [-0.2, 0) is 0 Å². The Hall–Kier alpha value is -2.31. The Morgan fingerprint density at radius 3 is 2.47 bits per heavy atom. The van der Waals surface area contributed by atoms with E-state index in [9.17, 15) is 0 Å². The molecule has 1 N–H and O–H groups in total. The fourth-order valence-corrected chi connectivity index (χ4v) is 1.76. The van der Waals surface area contributed by atoms with Gasteiger partial charge in [0.1, 0.15) is 11.5 Å². The molecular formula is C16H16N2O. The summed E-state index contributed by atoms with van der Waals surface area (Å²) in [4.78, 5) is 0. The van der Waals surface area contributed by atoms with Gasteiger partial charge in [-0.3, -0.25) is 0 Å². The van der Waals surface area contributed by atoms with E-state index in [-0.39, 0.29) is 0 Å². The Labute approximate surface area is 113 Å². The van der Waals surface area contributed by atoms with Gasteiger partial charge in [0.2, 0.25) is 0 Å². The second-order valence-corrected chi connectivity index (χ2v) is 4.32. The molecule has 0 bridgehead atoms. The quantitative estimate of drug-likeness (QED) is 0.903. The number of benzene rings is 2. The average Bonchev–Trinajstić information content (AvgIpc) is 2.47. The van der Waals surface area contributed by atoms with Crippen LogP contribution in [0.1, 0.15) is 24.1 Å². The number of hydrogen-bond donors (Lipinski definition) is 1. The van der Waals surface area contributed by atoms with E-state index >= 15 is 0 Å². The predicted octanol–water partition coefficient (Wildman–Crippen LogP) is 3.63. The van der Waals surface area contributed by atoms with E-state index in [0.717, 1.165) is 5.75 Å². The van der Waals surface area contributed by atoms with Crippen LogP contribution in [0.2, 0.25) is 0 Å². The van der Waals surface area contributed by atoms with Crippen molar-refractivity contribution >= 4 is 0 Å². The standard InChI is InChI=1S/C16H16N2O/c1-12(18-2)14-6-8-15(9-7-14)19-16-5-3-4-13(10-16)11-17/h3-10,12,18H,1-2H3. The first-order valence-corrected chi connectivity index (χ1v) is 6.18. The van der Waals surface area contributed by atoms with Gasteiger partial charge >= 0.3 is 0 Å². The zero-order chi connectivity index (χ0) is 13.7. The number of rotatable bonds is 4. The van der Waals surface area contributed by atoms with E-state index in [4.69, 9.17) is 10.00 Å². The van der Waals surface area contributed by atoms with E-state index in [1.165, 1.54) is 5.56 Å². The largest absolute Gasteiger partial charge is 0.457 e. The fraction of sp³-hybridized carbons (Fsp3) is 0.188. The molecule has 1 unspecified atom stereocenters. The number of nitrogens with one attached hydrogen (secondary N) is 1. The van der Waals surface area contributed by atoms with Gasteiger partial charge in [-0.25, -0.2) is 0 Å². The van der Waals surface area contributed by atoms with E-state index in [2.05, 4.69) is 18.3 Å². The first-order chi connectivity index (χ1) is 9.22. The maximum absolute atomic E-state index is 8.84. The van der Waals surface area contributed by atoms with Crippen molar-refractivity contribution in [1.29, 1.82) is 5.26 Å². The lowest BCUT2D eigenvalue weighted by atomic mass is 10.1. The highest BCUT2D eigenvalue weighted by molar-refractivity contribution is 5.39. The minimum Gasteiger partial charge on any atom is -0.457 e. The van der Waals surface area contributed by atoms with Gasteiger partial charge < -0.3 is 10.1 Å². The monoisotopic (exact) mass is 252 g/mol. The lowest BCUT2D eigenvalue weighted by molar-refractivity contribution is 0.482. The van der Waals surface area contributed by atoms with Crippen LogP contribution in [0.3, 0.4) is 0 Å². The highest BCUT2D eigenvalue weighted by Crippen LogP contribution is 2.23. The molecule has 0 heterocycles. The number of ether oxygens (including phenoxy) is 1. The molecule has 2 aromatic rings. The molecule has 19 heavy (non-hydrogen) atoms. The first kappa shape index (κ1) is 13.1. The molecule has 3 heteroatoms. The first-order valence-electron chi connectivity index (χ1n) is 6.18. The van der Waals surface area contributed by atoms with Crippen molar-refractivity contribution in [2.45, 2.75) is 13.0 Å². The fourth-order valence-electron chi connectivity index (χ4n) is 1.76. The van der Waals surface area contributed by atoms with Gasteiger partial charge in [-0.15, -0.1) is 0 Å². The second-order valence-electron chi connectivity index (χ2n) is 4.32. The molecule has 0 saturated heterocycles. The SMILES string of the molecule is CNC(C)c1ccc(Oc2cccc(C#N)c2)cc1. The molecule has 0 saturated carbocycles. The molecule has 0 aliphatic heterocycles. The van der Waals surface area contributed by atoms with Crippen LogP contribution in [-0.4, -0.2) is 7.05 Å². The minimum absolute atomic E-state index is 0.316. The van der Waals surface area contributed by atoms with E-state index < -0.39 is 0 Å². The second kappa shape index (κ2) is 6.03. The summed E-state index contributed by atoms with van der Waals surface area (Å²) < 4.78 is 5.72. The summed E-state index contributed by atoms with van der Waals surface area (Å²) in [5.74, 6) is 1.44. The summed E-state index contributed by atoms with van der Waals surface area (Å²) in [7, 11) is 1.93. The van der Waals surface area contributed by atoms with Crippen LogP contribution in [0.25, 0.3) is 0 Å². The van der Waals surface area contributed by atoms with Crippen LogP contribution in [0.15, 0.2) is 48.5 Å². The van der Waals surface area contributed by atoms with E-state index in [0.29, 0.717) is 17.4 Å². The van der Waals surface area contributed by atoms with Crippen molar-refractivity contribution in [2.75, 3.05) is 7.05 Å². The van der Waals surface area contributed by atoms with Crippen molar-refractivity contribution in [2.24, 2.45) is 0 Å². The molecule has 3 nitrogen and oxygen atoms in total. The van der Waals surface area contributed by atoms with Crippen LogP contribution >= 0.6 is 0 Å². The van der Waals surface area contributed by atoms with Gasteiger partial charge in [-0.05, 0) is 49.9 Å². The number of nitriles is 1. The maximum Gasteiger partial charge on any atom is 0.128 e. The molecular weight excluding hydrogens is 236 g/mol. The van der Waals surface area contributed by atoms with Crippen LogP contribution in [0, 0.1) is 11.3 Å². The Bertz CT molecular complexity index is 584. The van der Waals surface area contributed by atoms with Gasteiger partial charge in [0.15, 0.2) is 0 Å². The summed E-state index contributed by atoms with van der Waals surface area (Å²) in [6.07, 6.45) is 0. The minimum atomic E-state index is 0.316. The van der Waals surface area contributed by atoms with Crippen molar-refractivity contribution < 1.29 is 4.74 Å². The molecule has 0 spiro atoms. The molecule has 1 atom stereocenters. The van der Waals surface area contributed by atoms with Crippen molar-refractivity contribution in [3.8, 4) is 17.6 Å². The maximum atomic E-state index is 8.84. The normalized spacial score (nSPS) is 11.6. The van der Waals surface area contributed by atoms with E-state index in [1.54, 1.807) is 12.1 Å². The third-order valence-corrected chi connectivity index (χ3v) is 3.01. The molecule has 0 aliphatic rings. The lowest BCUT2D eigenvalue weighted by Gasteiger charge is -2.11. The zero-order valence-electron chi connectivity index (χ0n) is 11.1. The number of nitrogens with zero attached hydrogens (tertiary/aromatic N) is 1. The summed E-state index contributed by atoms with van der Waals surface area (Å²) in [6, 6.07) is 17.5. The van der Waals surface area contributed by atoms with Crippen molar-refractivity contribution in [3.63, 3.8) is 0 Å². The molecule has 0 aromatic heterocycles. The third kappa shape index (κ3) is 3.34. The molecule has 2 aromatic carbocycles. The Morgan fingerprint density at radius 1 is 1.11 bits per heavy atom. The predicted molar refractivity (Wildman–Crippen MR) is 75.1 cm³/mol. The summed E-state index contributed by atoms with van der Waals surface area (Å²) in [5, 5.41) is 12.0. The molecule has 0 radical (unpaired) electrons. The topological polar surface area (TPSA) is 45.0 Å². The van der Waals surface area contributed by atoms with Gasteiger partial charge in [0.25, 0.3) is 0 Å². The highest BCUT2D eigenvalue weighted by atomic mass is 16.5. The van der Waals surface area contributed by atoms with Gasteiger partial charge in [0, 0.05) is 6.04 Å². The Morgan fingerprint density at radius 2 is 1.84 bits per heavy atom. The molecule has 0 fully saturated rings. The Balaban J connectivity index is 2.13. The molecule has 0 amide bonds. The lowest BCUT2D eigenvalue weighted by Crippen LogP contribution is -2.11. The Kier molecular flexibility index (Phi) is 4.17. The smallest absolute Gasteiger partial charge is 0.128 e. The van der Waals surface area contributed by atoms with Crippen LogP contribution < -0.4 is 10.1 Å². The molecule has 2 rings (SSSR count). The summed E-state index contributed by atoms with van der Waals surface area (Å²) in [5.41, 5.74) is 1.80. The summed E-state index contributed by atoms with van der Waals surface area (Å²) >= 11 is 0.